The van der Waals surface area contributed by atoms with Gasteiger partial charge in [0.15, 0.2) is 0 Å². The van der Waals surface area contributed by atoms with Crippen LogP contribution in [-0.2, 0) is 5.60 Å². The first-order valence-electron chi connectivity index (χ1n) is 7.64. The van der Waals surface area contributed by atoms with Gasteiger partial charge in [-0.1, -0.05) is 39.0 Å². The maximum absolute atomic E-state index is 11.8. The average Bonchev–Trinajstić information content (AvgIpc) is 2.86. The van der Waals surface area contributed by atoms with Crippen LogP contribution in [-0.4, -0.2) is 12.2 Å². The number of fused-ring (bicyclic) bond motifs is 2. The standard InChI is InChI=1S/C18H26O2/c1-12-7-6-8-14(15(12)20-5)18(19)16(2,3)13-9-10-17(18,4)11-13/h6-8,13,19H,9-11H2,1-5H3/t13-,17-,18-/m0/s1. The molecule has 2 aliphatic carbocycles. The van der Waals surface area contributed by atoms with Crippen LogP contribution in [0.1, 0.15) is 51.2 Å². The predicted octanol–water partition coefficient (Wildman–Crippen LogP) is 4.04. The van der Waals surface area contributed by atoms with E-state index < -0.39 is 5.60 Å². The van der Waals surface area contributed by atoms with Gasteiger partial charge in [-0.3, -0.25) is 0 Å². The van der Waals surface area contributed by atoms with Crippen molar-refractivity contribution in [2.24, 2.45) is 16.7 Å². The molecule has 2 bridgehead atoms. The molecule has 2 nitrogen and oxygen atoms in total. The molecule has 20 heavy (non-hydrogen) atoms. The van der Waals surface area contributed by atoms with Crippen LogP contribution in [0.25, 0.3) is 0 Å². The Balaban J connectivity index is 2.25. The minimum Gasteiger partial charge on any atom is -0.496 e. The van der Waals surface area contributed by atoms with Crippen molar-refractivity contribution < 1.29 is 9.84 Å². The second-order valence-electron chi connectivity index (χ2n) is 7.59. The SMILES string of the molecule is COc1c(C)cccc1[C@]1(O)C(C)(C)[C@H]2CC[C@@]1(C)C2. The molecule has 0 unspecified atom stereocenters. The molecule has 1 aromatic rings. The molecular formula is C18H26O2. The highest BCUT2D eigenvalue weighted by atomic mass is 16.5. The summed E-state index contributed by atoms with van der Waals surface area (Å²) in [5, 5.41) is 11.8. The summed E-state index contributed by atoms with van der Waals surface area (Å²) >= 11 is 0. The first-order valence-corrected chi connectivity index (χ1v) is 7.64. The first kappa shape index (κ1) is 13.9. The molecule has 1 N–H and O–H groups in total. The maximum Gasteiger partial charge on any atom is 0.127 e. The molecule has 2 fully saturated rings. The zero-order chi connectivity index (χ0) is 14.8. The van der Waals surface area contributed by atoms with Gasteiger partial charge < -0.3 is 9.84 Å². The molecule has 2 saturated carbocycles. The van der Waals surface area contributed by atoms with Crippen molar-refractivity contribution in [1.82, 2.24) is 0 Å². The Bertz CT molecular complexity index is 542. The van der Waals surface area contributed by atoms with Crippen LogP contribution in [0.5, 0.6) is 5.75 Å². The molecule has 2 heteroatoms. The summed E-state index contributed by atoms with van der Waals surface area (Å²) < 4.78 is 5.64. The molecule has 3 atom stereocenters. The lowest BCUT2D eigenvalue weighted by Gasteiger charge is -2.51. The summed E-state index contributed by atoms with van der Waals surface area (Å²) in [5.41, 5.74) is 1.12. The highest BCUT2D eigenvalue weighted by Crippen LogP contribution is 2.72. The molecule has 110 valence electrons. The third-order valence-corrected chi connectivity index (χ3v) is 6.37. The molecular weight excluding hydrogens is 248 g/mol. The molecule has 0 spiro atoms. The Morgan fingerprint density at radius 2 is 1.95 bits per heavy atom. The number of benzene rings is 1. The van der Waals surface area contributed by atoms with Crippen LogP contribution in [0.3, 0.4) is 0 Å². The van der Waals surface area contributed by atoms with Gasteiger partial charge in [-0.25, -0.2) is 0 Å². The van der Waals surface area contributed by atoms with E-state index in [1.807, 2.05) is 19.1 Å². The monoisotopic (exact) mass is 274 g/mol. The van der Waals surface area contributed by atoms with Crippen molar-refractivity contribution >= 4 is 0 Å². The van der Waals surface area contributed by atoms with Gasteiger partial charge in [0, 0.05) is 16.4 Å². The van der Waals surface area contributed by atoms with Crippen molar-refractivity contribution in [3.05, 3.63) is 29.3 Å². The molecule has 2 aliphatic rings. The fourth-order valence-corrected chi connectivity index (χ4v) is 5.14. The molecule has 0 aromatic heterocycles. The molecule has 0 amide bonds. The predicted molar refractivity (Wildman–Crippen MR) is 80.9 cm³/mol. The molecule has 0 radical (unpaired) electrons. The Labute approximate surface area is 122 Å². The quantitative estimate of drug-likeness (QED) is 0.882. The second-order valence-corrected chi connectivity index (χ2v) is 7.59. The van der Waals surface area contributed by atoms with Crippen LogP contribution < -0.4 is 4.74 Å². The largest absolute Gasteiger partial charge is 0.496 e. The lowest BCUT2D eigenvalue weighted by molar-refractivity contribution is -0.151. The van der Waals surface area contributed by atoms with E-state index in [1.54, 1.807) is 7.11 Å². The van der Waals surface area contributed by atoms with E-state index in [4.69, 9.17) is 4.74 Å². The number of hydrogen-bond donors (Lipinski definition) is 1. The van der Waals surface area contributed by atoms with Gasteiger partial charge in [0.25, 0.3) is 0 Å². The highest BCUT2D eigenvalue weighted by Gasteiger charge is 2.69. The Morgan fingerprint density at radius 1 is 1.25 bits per heavy atom. The van der Waals surface area contributed by atoms with Gasteiger partial charge in [-0.05, 0) is 37.7 Å². The van der Waals surface area contributed by atoms with Crippen LogP contribution in [0.4, 0.5) is 0 Å². The van der Waals surface area contributed by atoms with Gasteiger partial charge >= 0.3 is 0 Å². The average molecular weight is 274 g/mol. The van der Waals surface area contributed by atoms with Gasteiger partial charge in [0.05, 0.1) is 7.11 Å². The second kappa shape index (κ2) is 4.00. The van der Waals surface area contributed by atoms with Crippen molar-refractivity contribution in [2.45, 2.75) is 52.6 Å². The lowest BCUT2D eigenvalue weighted by Crippen LogP contribution is -2.51. The minimum absolute atomic E-state index is 0.0394. The fraction of sp³-hybridized carbons (Fsp3) is 0.667. The van der Waals surface area contributed by atoms with E-state index in [0.717, 1.165) is 29.7 Å². The van der Waals surface area contributed by atoms with Crippen molar-refractivity contribution in [1.29, 1.82) is 0 Å². The van der Waals surface area contributed by atoms with Gasteiger partial charge in [-0.15, -0.1) is 0 Å². The zero-order valence-electron chi connectivity index (χ0n) is 13.3. The Hall–Kier alpha value is -1.02. The summed E-state index contributed by atoms with van der Waals surface area (Å²) in [7, 11) is 1.71. The van der Waals surface area contributed by atoms with Crippen LogP contribution in [0, 0.1) is 23.7 Å². The van der Waals surface area contributed by atoms with Crippen molar-refractivity contribution in [2.75, 3.05) is 7.11 Å². The van der Waals surface area contributed by atoms with Gasteiger partial charge in [0.1, 0.15) is 11.4 Å². The summed E-state index contributed by atoms with van der Waals surface area (Å²) in [4.78, 5) is 0. The number of methoxy groups -OCH3 is 1. The van der Waals surface area contributed by atoms with E-state index in [2.05, 4.69) is 26.8 Å². The number of rotatable bonds is 2. The number of para-hydroxylation sites is 1. The lowest BCUT2D eigenvalue weighted by atomic mass is 9.57. The van der Waals surface area contributed by atoms with E-state index in [-0.39, 0.29) is 10.8 Å². The Kier molecular flexibility index (Phi) is 2.79. The number of aryl methyl sites for hydroxylation is 1. The fourth-order valence-electron chi connectivity index (χ4n) is 5.14. The van der Waals surface area contributed by atoms with Crippen LogP contribution >= 0.6 is 0 Å². The topological polar surface area (TPSA) is 29.5 Å². The molecule has 0 saturated heterocycles. The summed E-state index contributed by atoms with van der Waals surface area (Å²) in [5.74, 6) is 1.46. The van der Waals surface area contributed by atoms with Crippen LogP contribution in [0.2, 0.25) is 0 Å². The third kappa shape index (κ3) is 1.38. The van der Waals surface area contributed by atoms with E-state index in [0.29, 0.717) is 5.92 Å². The van der Waals surface area contributed by atoms with E-state index >= 15 is 0 Å². The minimum atomic E-state index is -0.805. The van der Waals surface area contributed by atoms with E-state index in [1.165, 1.54) is 6.42 Å². The molecule has 3 rings (SSSR count). The number of aliphatic hydroxyl groups is 1. The van der Waals surface area contributed by atoms with Crippen molar-refractivity contribution in [3.63, 3.8) is 0 Å². The molecule has 0 heterocycles. The van der Waals surface area contributed by atoms with Crippen molar-refractivity contribution in [3.8, 4) is 5.75 Å². The smallest absolute Gasteiger partial charge is 0.127 e. The zero-order valence-corrected chi connectivity index (χ0v) is 13.3. The third-order valence-electron chi connectivity index (χ3n) is 6.37. The highest BCUT2D eigenvalue weighted by molar-refractivity contribution is 5.47. The molecule has 1 aromatic carbocycles. The number of ether oxygens (including phenoxy) is 1. The van der Waals surface area contributed by atoms with E-state index in [9.17, 15) is 5.11 Å². The maximum atomic E-state index is 11.8. The van der Waals surface area contributed by atoms with Crippen LogP contribution in [0.15, 0.2) is 18.2 Å². The normalized spacial score (nSPS) is 38.2. The summed E-state index contributed by atoms with van der Waals surface area (Å²) in [6.07, 6.45) is 3.46. The first-order chi connectivity index (χ1) is 9.28. The Morgan fingerprint density at radius 3 is 2.50 bits per heavy atom. The number of hydrogen-bond acceptors (Lipinski definition) is 2. The summed E-state index contributed by atoms with van der Waals surface area (Å²) in [6, 6.07) is 6.14. The summed E-state index contributed by atoms with van der Waals surface area (Å²) in [6.45, 7) is 8.76. The van der Waals surface area contributed by atoms with Gasteiger partial charge in [-0.2, -0.15) is 0 Å². The molecule has 0 aliphatic heterocycles. The van der Waals surface area contributed by atoms with Gasteiger partial charge in [0.2, 0.25) is 0 Å².